The summed E-state index contributed by atoms with van der Waals surface area (Å²) in [5.74, 6) is 0. The molecule has 0 aliphatic heterocycles. The number of hydrogen-bond acceptors (Lipinski definition) is 3. The maximum absolute atomic E-state index is 6.26. The van der Waals surface area contributed by atoms with E-state index in [1.165, 1.54) is 17.0 Å². The van der Waals surface area contributed by atoms with Crippen molar-refractivity contribution in [2.75, 3.05) is 13.2 Å². The molecule has 0 spiro atoms. The van der Waals surface area contributed by atoms with Crippen molar-refractivity contribution in [2.45, 2.75) is 66.0 Å². The molecule has 0 bridgehead atoms. The molecule has 0 saturated carbocycles. The van der Waals surface area contributed by atoms with E-state index in [0.717, 1.165) is 45.4 Å². The summed E-state index contributed by atoms with van der Waals surface area (Å²) in [5, 5.41) is 4.75. The molecule has 0 amide bonds. The highest BCUT2D eigenvalue weighted by molar-refractivity contribution is 5.30. The van der Waals surface area contributed by atoms with Crippen molar-refractivity contribution in [1.82, 2.24) is 9.78 Å². The molecule has 0 saturated heterocycles. The Kier molecular flexibility index (Phi) is 7.10. The summed E-state index contributed by atoms with van der Waals surface area (Å²) in [6, 6.07) is 0.116. The highest BCUT2D eigenvalue weighted by Crippen LogP contribution is 2.24. The Morgan fingerprint density at radius 1 is 1.21 bits per heavy atom. The van der Waals surface area contributed by atoms with Crippen molar-refractivity contribution < 1.29 is 4.74 Å². The average molecular weight is 267 g/mol. The summed E-state index contributed by atoms with van der Waals surface area (Å²) < 4.78 is 7.54. The molecule has 110 valence electrons. The van der Waals surface area contributed by atoms with E-state index in [2.05, 4.69) is 25.5 Å². The normalized spacial score (nSPS) is 12.9. The van der Waals surface area contributed by atoms with Gasteiger partial charge in [0.25, 0.3) is 0 Å². The van der Waals surface area contributed by atoms with Crippen LogP contribution < -0.4 is 5.73 Å². The summed E-state index contributed by atoms with van der Waals surface area (Å²) >= 11 is 0. The molecule has 4 nitrogen and oxygen atoms in total. The van der Waals surface area contributed by atoms with E-state index in [1.807, 2.05) is 6.92 Å². The van der Waals surface area contributed by atoms with Crippen LogP contribution in [0.1, 0.15) is 63.5 Å². The van der Waals surface area contributed by atoms with Crippen LogP contribution in [-0.2, 0) is 24.1 Å². The summed E-state index contributed by atoms with van der Waals surface area (Å²) in [6.07, 6.45) is 3.91. The fourth-order valence-corrected chi connectivity index (χ4v) is 2.48. The predicted octanol–water partition coefficient (Wildman–Crippen LogP) is 2.84. The molecule has 2 N–H and O–H groups in total. The van der Waals surface area contributed by atoms with Crippen molar-refractivity contribution in [1.29, 1.82) is 0 Å². The SMILES string of the molecule is CCOCCCn1nc(CC)c(C(N)CC)c1CC. The lowest BCUT2D eigenvalue weighted by atomic mass is 10.00. The first-order valence-corrected chi connectivity index (χ1v) is 7.61. The van der Waals surface area contributed by atoms with Gasteiger partial charge in [0.15, 0.2) is 0 Å². The van der Waals surface area contributed by atoms with Gasteiger partial charge in [-0.25, -0.2) is 0 Å². The van der Waals surface area contributed by atoms with Crippen LogP contribution in [0.25, 0.3) is 0 Å². The summed E-state index contributed by atoms with van der Waals surface area (Å²) in [6.45, 7) is 11.0. The standard InChI is InChI=1S/C15H29N3O/c1-5-12(16)15-13(6-2)17-18(14(15)7-3)10-9-11-19-8-4/h12H,5-11,16H2,1-4H3. The summed E-state index contributed by atoms with van der Waals surface area (Å²) in [5.41, 5.74) is 10.0. The molecule has 0 aliphatic carbocycles. The summed E-state index contributed by atoms with van der Waals surface area (Å²) in [4.78, 5) is 0. The smallest absolute Gasteiger partial charge is 0.0672 e. The van der Waals surface area contributed by atoms with Crippen LogP contribution in [-0.4, -0.2) is 23.0 Å². The zero-order valence-corrected chi connectivity index (χ0v) is 12.9. The number of rotatable bonds is 9. The van der Waals surface area contributed by atoms with E-state index >= 15 is 0 Å². The Bertz CT molecular complexity index is 374. The molecule has 19 heavy (non-hydrogen) atoms. The maximum atomic E-state index is 6.26. The monoisotopic (exact) mass is 267 g/mol. The third-order valence-electron chi connectivity index (χ3n) is 3.52. The quantitative estimate of drug-likeness (QED) is 0.700. The fraction of sp³-hybridized carbons (Fsp3) is 0.800. The van der Waals surface area contributed by atoms with Crippen LogP contribution in [0.3, 0.4) is 0 Å². The average Bonchev–Trinajstić information content (AvgIpc) is 2.80. The summed E-state index contributed by atoms with van der Waals surface area (Å²) in [7, 11) is 0. The first-order chi connectivity index (χ1) is 9.19. The topological polar surface area (TPSA) is 53.1 Å². The van der Waals surface area contributed by atoms with Crippen molar-refractivity contribution in [3.8, 4) is 0 Å². The molecule has 1 rings (SSSR count). The van der Waals surface area contributed by atoms with Crippen LogP contribution in [0.5, 0.6) is 0 Å². The van der Waals surface area contributed by atoms with Gasteiger partial charge in [-0.05, 0) is 32.6 Å². The Morgan fingerprint density at radius 3 is 2.47 bits per heavy atom. The lowest BCUT2D eigenvalue weighted by Gasteiger charge is -2.12. The van der Waals surface area contributed by atoms with Crippen molar-refractivity contribution >= 4 is 0 Å². The van der Waals surface area contributed by atoms with Crippen LogP contribution >= 0.6 is 0 Å². The predicted molar refractivity (Wildman–Crippen MR) is 79.3 cm³/mol. The molecule has 0 fully saturated rings. The van der Waals surface area contributed by atoms with E-state index in [9.17, 15) is 0 Å². The first-order valence-electron chi connectivity index (χ1n) is 7.61. The van der Waals surface area contributed by atoms with Gasteiger partial charge < -0.3 is 10.5 Å². The molecule has 1 aromatic rings. The molecule has 1 unspecified atom stereocenters. The largest absolute Gasteiger partial charge is 0.382 e. The molecule has 4 heteroatoms. The number of aryl methyl sites for hydroxylation is 2. The minimum Gasteiger partial charge on any atom is -0.382 e. The second-order valence-electron chi connectivity index (χ2n) is 4.80. The van der Waals surface area contributed by atoms with Crippen molar-refractivity contribution in [2.24, 2.45) is 5.73 Å². The number of nitrogens with zero attached hydrogens (tertiary/aromatic N) is 2. The molecular weight excluding hydrogens is 238 g/mol. The van der Waals surface area contributed by atoms with Crippen LogP contribution in [0, 0.1) is 0 Å². The molecule has 1 aromatic heterocycles. The highest BCUT2D eigenvalue weighted by atomic mass is 16.5. The number of nitrogens with two attached hydrogens (primary N) is 1. The molecule has 1 heterocycles. The van der Waals surface area contributed by atoms with Gasteiger partial charge in [-0.3, -0.25) is 4.68 Å². The van der Waals surface area contributed by atoms with Gasteiger partial charge in [-0.15, -0.1) is 0 Å². The van der Waals surface area contributed by atoms with E-state index < -0.39 is 0 Å². The zero-order valence-electron chi connectivity index (χ0n) is 12.9. The van der Waals surface area contributed by atoms with E-state index in [0.29, 0.717) is 0 Å². The lowest BCUT2D eigenvalue weighted by Crippen LogP contribution is -2.13. The van der Waals surface area contributed by atoms with E-state index in [1.54, 1.807) is 0 Å². The Hall–Kier alpha value is -0.870. The third-order valence-corrected chi connectivity index (χ3v) is 3.52. The first kappa shape index (κ1) is 16.2. The molecule has 1 atom stereocenters. The van der Waals surface area contributed by atoms with Gasteiger partial charge in [0.1, 0.15) is 0 Å². The maximum Gasteiger partial charge on any atom is 0.0672 e. The molecule has 0 radical (unpaired) electrons. The zero-order chi connectivity index (χ0) is 14.3. The van der Waals surface area contributed by atoms with Gasteiger partial charge in [-0.2, -0.15) is 5.10 Å². The Morgan fingerprint density at radius 2 is 1.95 bits per heavy atom. The van der Waals surface area contributed by atoms with Crippen molar-refractivity contribution in [3.63, 3.8) is 0 Å². The van der Waals surface area contributed by atoms with E-state index in [4.69, 9.17) is 15.6 Å². The number of hydrogen-bond donors (Lipinski definition) is 1. The van der Waals surface area contributed by atoms with Gasteiger partial charge in [-0.1, -0.05) is 20.8 Å². The fourth-order valence-electron chi connectivity index (χ4n) is 2.48. The highest BCUT2D eigenvalue weighted by Gasteiger charge is 2.19. The molecule has 0 aromatic carbocycles. The second kappa shape index (κ2) is 8.33. The second-order valence-corrected chi connectivity index (χ2v) is 4.80. The van der Waals surface area contributed by atoms with Crippen molar-refractivity contribution in [3.05, 3.63) is 17.0 Å². The Labute approximate surface area is 117 Å². The molecule has 0 aliphatic rings. The third kappa shape index (κ3) is 4.05. The van der Waals surface area contributed by atoms with Crippen LogP contribution in [0.15, 0.2) is 0 Å². The Balaban J connectivity index is 2.88. The van der Waals surface area contributed by atoms with E-state index in [-0.39, 0.29) is 6.04 Å². The van der Waals surface area contributed by atoms with Gasteiger partial charge >= 0.3 is 0 Å². The minimum absolute atomic E-state index is 0.116. The number of aromatic nitrogens is 2. The van der Waals surface area contributed by atoms with Gasteiger partial charge in [0.2, 0.25) is 0 Å². The molecular formula is C15H29N3O. The van der Waals surface area contributed by atoms with Gasteiger partial charge in [0, 0.05) is 37.1 Å². The minimum atomic E-state index is 0.116. The van der Waals surface area contributed by atoms with Crippen LogP contribution in [0.2, 0.25) is 0 Å². The van der Waals surface area contributed by atoms with Crippen LogP contribution in [0.4, 0.5) is 0 Å². The lowest BCUT2D eigenvalue weighted by molar-refractivity contribution is 0.140. The van der Waals surface area contributed by atoms with Gasteiger partial charge in [0.05, 0.1) is 5.69 Å². The number of ether oxygens (including phenoxy) is 1.